The molecule has 1 amide bonds. The maximum Gasteiger partial charge on any atom is 0.277 e. The summed E-state index contributed by atoms with van der Waals surface area (Å²) in [6, 6.07) is 7.70. The molecule has 1 aliphatic rings. The van der Waals surface area contributed by atoms with Gasteiger partial charge in [0.15, 0.2) is 0 Å². The van der Waals surface area contributed by atoms with E-state index in [0.717, 1.165) is 19.4 Å². The van der Waals surface area contributed by atoms with Gasteiger partial charge in [-0.2, -0.15) is 0 Å². The highest BCUT2D eigenvalue weighted by atomic mass is 35.5. The third kappa shape index (κ3) is 4.30. The van der Waals surface area contributed by atoms with Crippen LogP contribution in [0.1, 0.15) is 26.2 Å². The molecule has 7 nitrogen and oxygen atoms in total. The predicted octanol–water partition coefficient (Wildman–Crippen LogP) is 0.860. The summed E-state index contributed by atoms with van der Waals surface area (Å²) in [5.41, 5.74) is 0.362. The molecule has 2 heterocycles. The molecule has 1 aromatic heterocycles. The van der Waals surface area contributed by atoms with Gasteiger partial charge >= 0.3 is 0 Å². The quantitative estimate of drug-likeness (QED) is 0.852. The molecular weight excluding hydrogens is 330 g/mol. The van der Waals surface area contributed by atoms with Gasteiger partial charge in [-0.3, -0.25) is 9.59 Å². The molecule has 1 aliphatic heterocycles. The monoisotopic (exact) mass is 351 g/mol. The van der Waals surface area contributed by atoms with Crippen LogP contribution in [0.2, 0.25) is 0 Å². The zero-order valence-electron chi connectivity index (χ0n) is 13.6. The SMILES string of the molecule is CC1CC(NC(=O)CCn2nnc3ccccc3c2=O)CCN1.Cl. The van der Waals surface area contributed by atoms with Gasteiger partial charge in [-0.25, -0.2) is 4.68 Å². The van der Waals surface area contributed by atoms with Gasteiger partial charge in [0.25, 0.3) is 5.56 Å². The maximum absolute atomic E-state index is 12.3. The number of benzene rings is 1. The van der Waals surface area contributed by atoms with E-state index in [0.29, 0.717) is 16.9 Å². The van der Waals surface area contributed by atoms with Crippen LogP contribution < -0.4 is 16.2 Å². The van der Waals surface area contributed by atoms with Crippen molar-refractivity contribution in [3.63, 3.8) is 0 Å². The van der Waals surface area contributed by atoms with Gasteiger partial charge < -0.3 is 10.6 Å². The van der Waals surface area contributed by atoms with Crippen LogP contribution in [0, 0.1) is 0 Å². The molecule has 0 spiro atoms. The average Bonchev–Trinajstić information content (AvgIpc) is 2.54. The number of aromatic nitrogens is 3. The summed E-state index contributed by atoms with van der Waals surface area (Å²) in [6.07, 6.45) is 2.10. The third-order valence-corrected chi connectivity index (χ3v) is 4.17. The first-order valence-corrected chi connectivity index (χ1v) is 7.99. The first-order valence-electron chi connectivity index (χ1n) is 7.99. The van der Waals surface area contributed by atoms with Crippen molar-refractivity contribution in [3.8, 4) is 0 Å². The fraction of sp³-hybridized carbons (Fsp3) is 0.500. The molecule has 0 saturated carbocycles. The number of amides is 1. The summed E-state index contributed by atoms with van der Waals surface area (Å²) >= 11 is 0. The highest BCUT2D eigenvalue weighted by molar-refractivity contribution is 5.85. The molecule has 2 N–H and O–H groups in total. The number of fused-ring (bicyclic) bond motifs is 1. The van der Waals surface area contributed by atoms with Gasteiger partial charge in [-0.1, -0.05) is 17.3 Å². The van der Waals surface area contributed by atoms with Crippen LogP contribution in [0.3, 0.4) is 0 Å². The minimum Gasteiger partial charge on any atom is -0.353 e. The van der Waals surface area contributed by atoms with E-state index in [1.165, 1.54) is 4.68 Å². The van der Waals surface area contributed by atoms with Gasteiger partial charge in [0, 0.05) is 18.5 Å². The van der Waals surface area contributed by atoms with Crippen molar-refractivity contribution >= 4 is 29.2 Å². The van der Waals surface area contributed by atoms with E-state index in [1.54, 1.807) is 18.2 Å². The summed E-state index contributed by atoms with van der Waals surface area (Å²) < 4.78 is 1.26. The molecule has 2 unspecified atom stereocenters. The largest absolute Gasteiger partial charge is 0.353 e. The van der Waals surface area contributed by atoms with Gasteiger partial charge in [-0.05, 0) is 38.4 Å². The Bertz CT molecular complexity index is 763. The minimum absolute atomic E-state index is 0. The maximum atomic E-state index is 12.3. The average molecular weight is 352 g/mol. The normalized spacial score (nSPS) is 20.4. The van der Waals surface area contributed by atoms with Crippen LogP contribution >= 0.6 is 12.4 Å². The molecule has 0 bridgehead atoms. The molecule has 8 heteroatoms. The molecule has 1 aromatic carbocycles. The molecule has 2 atom stereocenters. The lowest BCUT2D eigenvalue weighted by Crippen LogP contribution is -2.46. The second-order valence-electron chi connectivity index (χ2n) is 6.03. The van der Waals surface area contributed by atoms with Crippen LogP contribution in [0.15, 0.2) is 29.1 Å². The number of carbonyl (C=O) groups is 1. The molecular formula is C16H22ClN5O2. The summed E-state index contributed by atoms with van der Waals surface area (Å²) in [7, 11) is 0. The second kappa shape index (κ2) is 8.21. The summed E-state index contributed by atoms with van der Waals surface area (Å²) in [6.45, 7) is 3.27. The fourth-order valence-corrected chi connectivity index (χ4v) is 2.94. The van der Waals surface area contributed by atoms with Crippen molar-refractivity contribution in [3.05, 3.63) is 34.6 Å². The van der Waals surface area contributed by atoms with Crippen molar-refractivity contribution in [2.24, 2.45) is 0 Å². The lowest BCUT2D eigenvalue weighted by atomic mass is 10.0. The van der Waals surface area contributed by atoms with Crippen LogP contribution in [0.5, 0.6) is 0 Å². The van der Waals surface area contributed by atoms with E-state index in [1.807, 2.05) is 6.07 Å². The van der Waals surface area contributed by atoms with Crippen molar-refractivity contribution in [1.29, 1.82) is 0 Å². The lowest BCUT2D eigenvalue weighted by molar-refractivity contribution is -0.122. The zero-order chi connectivity index (χ0) is 16.2. The Morgan fingerprint density at radius 2 is 2.21 bits per heavy atom. The van der Waals surface area contributed by atoms with Crippen LogP contribution in [0.4, 0.5) is 0 Å². The van der Waals surface area contributed by atoms with E-state index in [9.17, 15) is 9.59 Å². The van der Waals surface area contributed by atoms with Crippen molar-refractivity contribution < 1.29 is 4.79 Å². The molecule has 2 aromatic rings. The summed E-state index contributed by atoms with van der Waals surface area (Å²) in [5, 5.41) is 14.8. The van der Waals surface area contributed by atoms with E-state index in [-0.39, 0.29) is 42.9 Å². The number of aryl methyl sites for hydroxylation is 1. The number of hydrogen-bond acceptors (Lipinski definition) is 5. The number of hydrogen-bond donors (Lipinski definition) is 2. The van der Waals surface area contributed by atoms with Crippen LogP contribution in [0.25, 0.3) is 10.9 Å². The number of nitrogens with one attached hydrogen (secondary N) is 2. The first kappa shape index (κ1) is 18.4. The Morgan fingerprint density at radius 1 is 1.42 bits per heavy atom. The van der Waals surface area contributed by atoms with E-state index in [4.69, 9.17) is 0 Å². The highest BCUT2D eigenvalue weighted by Crippen LogP contribution is 2.08. The van der Waals surface area contributed by atoms with Gasteiger partial charge in [-0.15, -0.1) is 17.5 Å². The molecule has 0 aliphatic carbocycles. The second-order valence-corrected chi connectivity index (χ2v) is 6.03. The first-order chi connectivity index (χ1) is 11.1. The molecule has 1 saturated heterocycles. The van der Waals surface area contributed by atoms with Crippen LogP contribution in [-0.2, 0) is 11.3 Å². The van der Waals surface area contributed by atoms with Gasteiger partial charge in [0.2, 0.25) is 5.91 Å². The topological polar surface area (TPSA) is 88.9 Å². The highest BCUT2D eigenvalue weighted by Gasteiger charge is 2.19. The third-order valence-electron chi connectivity index (χ3n) is 4.17. The minimum atomic E-state index is -0.209. The Morgan fingerprint density at radius 3 is 3.00 bits per heavy atom. The van der Waals surface area contributed by atoms with E-state index in [2.05, 4.69) is 27.9 Å². The van der Waals surface area contributed by atoms with Crippen molar-refractivity contribution in [2.45, 2.75) is 44.8 Å². The molecule has 24 heavy (non-hydrogen) atoms. The molecule has 1 fully saturated rings. The Balaban J connectivity index is 0.00000208. The van der Waals surface area contributed by atoms with E-state index >= 15 is 0 Å². The summed E-state index contributed by atoms with van der Waals surface area (Å²) in [4.78, 5) is 24.4. The van der Waals surface area contributed by atoms with Crippen molar-refractivity contribution in [1.82, 2.24) is 25.6 Å². The molecule has 0 radical (unpaired) electrons. The lowest BCUT2D eigenvalue weighted by Gasteiger charge is -2.28. The standard InChI is InChI=1S/C16H21N5O2.ClH/c1-11-10-12(6-8-17-11)18-15(22)7-9-21-16(23)13-4-2-3-5-14(13)19-20-21;/h2-5,11-12,17H,6-10H2,1H3,(H,18,22);1H. The van der Waals surface area contributed by atoms with Gasteiger partial charge in [0.1, 0.15) is 5.52 Å². The van der Waals surface area contributed by atoms with Crippen molar-refractivity contribution in [2.75, 3.05) is 6.54 Å². The number of nitrogens with zero attached hydrogens (tertiary/aromatic N) is 3. The Hall–Kier alpha value is -1.99. The van der Waals surface area contributed by atoms with E-state index < -0.39 is 0 Å². The molecule has 130 valence electrons. The zero-order valence-corrected chi connectivity index (χ0v) is 14.4. The van der Waals surface area contributed by atoms with Crippen LogP contribution in [-0.4, -0.2) is 39.5 Å². The number of rotatable bonds is 4. The smallest absolute Gasteiger partial charge is 0.277 e. The number of carbonyl (C=O) groups excluding carboxylic acids is 1. The number of halogens is 1. The van der Waals surface area contributed by atoms with Gasteiger partial charge in [0.05, 0.1) is 11.9 Å². The Kier molecular flexibility index (Phi) is 6.28. The number of piperidine rings is 1. The fourth-order valence-electron chi connectivity index (χ4n) is 2.94. The Labute approximate surface area is 146 Å². The predicted molar refractivity (Wildman–Crippen MR) is 94.3 cm³/mol. The molecule has 3 rings (SSSR count). The summed E-state index contributed by atoms with van der Waals surface area (Å²) in [5.74, 6) is -0.0500.